The second-order valence-corrected chi connectivity index (χ2v) is 31.1. The van der Waals surface area contributed by atoms with Crippen LogP contribution in [0.1, 0.15) is 98.9 Å². The SMILES string of the molecule is COc1ccc(CN2C(=O)C3(CCc4c(cccc4-c4cncnc4)C3)N=C2N)cc1.COc1ccc(CN2C(=O)NC3(CCc4c(cccc4-c4cncnc4)C3)C2=O)cc1.O=C1CCc2c(Br)cccc2C1.O=C1NC(=O)C2(CCc3c(Br)cccc3C2)N1.O=C1NC(=O)C2(CCc3c(cccc3-c3cncnc3)C2)N1. The van der Waals surface area contributed by atoms with E-state index in [2.05, 4.69) is 107 Å². The van der Waals surface area contributed by atoms with E-state index in [1.165, 1.54) is 57.3 Å². The summed E-state index contributed by atoms with van der Waals surface area (Å²) in [5, 5.41) is 13.2. The molecule has 7 N–H and O–H groups in total. The van der Waals surface area contributed by atoms with Crippen LogP contribution in [0.2, 0.25) is 0 Å². The number of carbonyl (C=O) groups is 8. The number of aromatic nitrogens is 6. The average Bonchev–Trinajstić information content (AvgIpc) is 1.56. The van der Waals surface area contributed by atoms with Gasteiger partial charge in [0.25, 0.3) is 23.6 Å². The van der Waals surface area contributed by atoms with E-state index in [0.717, 1.165) is 113 Å². The fourth-order valence-corrected chi connectivity index (χ4v) is 18.0. The molecule has 572 valence electrons. The zero-order chi connectivity index (χ0) is 78.6. The number of hydrogen-bond donors (Lipinski definition) is 6. The van der Waals surface area contributed by atoms with Gasteiger partial charge in [-0.05, 0) is 178 Å². The maximum Gasteiger partial charge on any atom is 0.325 e. The number of halogens is 2. The topological polar surface area (TPSA) is 337 Å². The average molecular weight is 1640 g/mol. The standard InChI is InChI=1S/C24H23N5O2.C24H22N4O3.C16H14N4O2.C12H11BrN2O2.C10H9BrO/c1-31-19-7-5-16(6-8-19)14-29-22(30)24(28-23(29)25)10-9-21-17(11-24)3-2-4-20(21)18-12-26-15-27-13-18;1-31-19-7-5-16(6-8-19)14-28-22(29)24(27-23(28)30)10-9-21-17(11-24)3-2-4-20(21)18-12-25-15-26-13-18;21-14-16(20-15(22)19-14)5-4-13-10(6-16)2-1-3-12(13)11-7-17-9-18-8-11;13-9-3-1-2-7-6-12(5-4-8(7)9)10(16)14-11(17)15-12;11-10-3-1-2-7-6-8(12)4-5-9(7)10/h2-8,12-13,15H,9-11,14H2,1H3,(H2,25,28);2-8,12-13,15H,9-11,14H2,1H3,(H,27,30);1-3,7-9H,4-6H2,(H2,19,20,21,22);1-3H,4-6H2,(H2,14,15,16,17);1-3H,4-6H2. The molecule has 0 saturated carbocycles. The molecule has 7 heterocycles. The minimum absolute atomic E-state index is 0.0279. The lowest BCUT2D eigenvalue weighted by molar-refractivity contribution is -0.132. The summed E-state index contributed by atoms with van der Waals surface area (Å²) < 4.78 is 12.6. The Bertz CT molecular complexity index is 5390. The Morgan fingerprint density at radius 3 is 1.26 bits per heavy atom. The number of amides is 10. The van der Waals surface area contributed by atoms with E-state index in [1.807, 2.05) is 134 Å². The molecular formula is C86H79Br2N15O10. The summed E-state index contributed by atoms with van der Waals surface area (Å²) >= 11 is 7.01. The van der Waals surface area contributed by atoms with E-state index in [1.54, 1.807) is 43.9 Å². The van der Waals surface area contributed by atoms with Crippen molar-refractivity contribution in [3.05, 3.63) is 271 Å². The third-order valence-corrected chi connectivity index (χ3v) is 24.1. The normalized spacial score (nSPS) is 21.2. The Hall–Kier alpha value is -12.2. The summed E-state index contributed by atoms with van der Waals surface area (Å²) in [6.45, 7) is 0.638. The molecule has 25 nitrogen and oxygen atoms in total. The number of rotatable bonds is 9. The Morgan fingerprint density at radius 2 is 0.805 bits per heavy atom. The number of guanidine groups is 1. The van der Waals surface area contributed by atoms with Gasteiger partial charge in [0, 0.05) is 101 Å². The smallest absolute Gasteiger partial charge is 0.325 e. The number of methoxy groups -OCH3 is 2. The second-order valence-electron chi connectivity index (χ2n) is 29.4. The van der Waals surface area contributed by atoms with Crippen LogP contribution in [0.3, 0.4) is 0 Å². The van der Waals surface area contributed by atoms with Gasteiger partial charge in [-0.2, -0.15) is 0 Å². The summed E-state index contributed by atoms with van der Waals surface area (Å²) in [5.41, 5.74) is 22.9. The zero-order valence-corrected chi connectivity index (χ0v) is 65.1. The molecule has 4 atom stereocenters. The minimum Gasteiger partial charge on any atom is -0.497 e. The molecule has 0 radical (unpaired) electrons. The van der Waals surface area contributed by atoms with Gasteiger partial charge in [-0.25, -0.2) is 49.3 Å². The van der Waals surface area contributed by atoms with Crippen LogP contribution < -0.4 is 41.8 Å². The lowest BCUT2D eigenvalue weighted by Gasteiger charge is -2.33. The summed E-state index contributed by atoms with van der Waals surface area (Å²) in [6, 6.07) is 44.2. The molecule has 4 spiro atoms. The highest BCUT2D eigenvalue weighted by Gasteiger charge is 2.54. The van der Waals surface area contributed by atoms with Gasteiger partial charge < -0.3 is 31.2 Å². The summed E-state index contributed by atoms with van der Waals surface area (Å²) in [6.07, 6.45) is 25.1. The Kier molecular flexibility index (Phi) is 21.7. The van der Waals surface area contributed by atoms with Gasteiger partial charge in [0.05, 0.1) is 27.3 Å². The molecule has 113 heavy (non-hydrogen) atoms. The Balaban J connectivity index is 0.000000115. The first-order valence-electron chi connectivity index (χ1n) is 37.2. The maximum absolute atomic E-state index is 13.5. The van der Waals surface area contributed by atoms with Crippen molar-refractivity contribution in [2.75, 3.05) is 14.2 Å². The van der Waals surface area contributed by atoms with Gasteiger partial charge in [0.2, 0.25) is 0 Å². The lowest BCUT2D eigenvalue weighted by Crippen LogP contribution is -2.51. The number of fused-ring (bicyclic) bond motifs is 5. The van der Waals surface area contributed by atoms with Crippen molar-refractivity contribution < 1.29 is 47.8 Å². The molecule has 5 aliphatic carbocycles. The third-order valence-electron chi connectivity index (χ3n) is 22.6. The monoisotopic (exact) mass is 1640 g/mol. The number of imide groups is 3. The fraction of sp³-hybridized carbons (Fsp3) is 0.267. The van der Waals surface area contributed by atoms with E-state index in [0.29, 0.717) is 83.0 Å². The maximum atomic E-state index is 13.5. The highest BCUT2D eigenvalue weighted by Crippen LogP contribution is 2.43. The highest BCUT2D eigenvalue weighted by molar-refractivity contribution is 9.10. The van der Waals surface area contributed by atoms with Crippen LogP contribution in [0.5, 0.6) is 11.5 Å². The molecule has 4 unspecified atom stereocenters. The molecule has 3 saturated heterocycles. The first-order valence-corrected chi connectivity index (χ1v) is 38.8. The quantitative estimate of drug-likeness (QED) is 0.0731. The first kappa shape index (κ1) is 76.2. The second kappa shape index (κ2) is 32.2. The third kappa shape index (κ3) is 15.7. The van der Waals surface area contributed by atoms with Gasteiger partial charge in [-0.3, -0.25) is 44.4 Å². The molecule has 19 rings (SSSR count). The molecule has 27 heteroatoms. The van der Waals surface area contributed by atoms with Crippen LogP contribution in [0.4, 0.5) is 14.4 Å². The number of nitrogens with one attached hydrogen (secondary N) is 5. The minimum atomic E-state index is -0.887. The van der Waals surface area contributed by atoms with E-state index in [9.17, 15) is 38.4 Å². The van der Waals surface area contributed by atoms with Crippen molar-refractivity contribution in [2.24, 2.45) is 10.7 Å². The van der Waals surface area contributed by atoms with Crippen LogP contribution in [0.25, 0.3) is 33.4 Å². The number of carbonyl (C=O) groups excluding carboxylic acids is 8. The largest absolute Gasteiger partial charge is 0.497 e. The molecule has 10 amide bonds. The fourth-order valence-electron chi connectivity index (χ4n) is 16.8. The van der Waals surface area contributed by atoms with Gasteiger partial charge in [-0.15, -0.1) is 0 Å². The van der Waals surface area contributed by atoms with Gasteiger partial charge in [0.1, 0.15) is 58.4 Å². The van der Waals surface area contributed by atoms with E-state index < -0.39 is 28.2 Å². The molecule has 3 fully saturated rings. The number of ketones is 1. The molecular weight excluding hydrogens is 1560 g/mol. The number of nitrogens with zero attached hydrogens (tertiary/aromatic N) is 9. The van der Waals surface area contributed by atoms with Crippen molar-refractivity contribution in [3.63, 3.8) is 0 Å². The van der Waals surface area contributed by atoms with Crippen molar-refractivity contribution in [1.29, 1.82) is 0 Å². The molecule has 10 aromatic rings. The summed E-state index contributed by atoms with van der Waals surface area (Å²) in [5.74, 6) is 1.55. The van der Waals surface area contributed by atoms with Crippen molar-refractivity contribution >= 4 is 85.3 Å². The van der Waals surface area contributed by atoms with Crippen molar-refractivity contribution in [2.45, 2.75) is 132 Å². The molecule has 4 aliphatic heterocycles. The van der Waals surface area contributed by atoms with Gasteiger partial charge >= 0.3 is 18.1 Å². The number of Topliss-reactive ketones (excluding diaryl/α,β-unsaturated/α-hetero) is 1. The Morgan fingerprint density at radius 1 is 0.416 bits per heavy atom. The van der Waals surface area contributed by atoms with Crippen LogP contribution in [0, 0.1) is 0 Å². The summed E-state index contributed by atoms with van der Waals surface area (Å²) in [7, 11) is 3.23. The van der Waals surface area contributed by atoms with Crippen molar-refractivity contribution in [3.8, 4) is 44.9 Å². The predicted molar refractivity (Wildman–Crippen MR) is 427 cm³/mol. The van der Waals surface area contributed by atoms with Crippen LogP contribution >= 0.6 is 31.9 Å². The number of aliphatic imine (C=N–C) groups is 1. The highest BCUT2D eigenvalue weighted by atomic mass is 79.9. The molecule has 0 bridgehead atoms. The zero-order valence-electron chi connectivity index (χ0n) is 61.9. The Labute approximate surface area is 668 Å². The van der Waals surface area contributed by atoms with Crippen molar-refractivity contribution in [1.82, 2.24) is 66.3 Å². The number of benzene rings is 7. The predicted octanol–water partition coefficient (Wildman–Crippen LogP) is 11.1. The van der Waals surface area contributed by atoms with Crippen LogP contribution in [0.15, 0.2) is 210 Å². The number of urea groups is 3. The first-order chi connectivity index (χ1) is 54.7. The number of nitrogens with two attached hydrogens (primary N) is 1. The van der Waals surface area contributed by atoms with E-state index >= 15 is 0 Å². The van der Waals surface area contributed by atoms with E-state index in [4.69, 9.17) is 20.2 Å². The molecule has 7 aromatic carbocycles. The number of ether oxygens (including phenoxy) is 2. The lowest BCUT2D eigenvalue weighted by atomic mass is 9.76. The number of hydrogen-bond acceptors (Lipinski definition) is 18. The summed E-state index contributed by atoms with van der Waals surface area (Å²) in [4.78, 5) is 130. The van der Waals surface area contributed by atoms with Crippen LogP contribution in [-0.2, 0) is 101 Å². The van der Waals surface area contributed by atoms with Gasteiger partial charge in [-0.1, -0.05) is 135 Å². The molecule has 9 aliphatic rings. The molecule has 3 aromatic heterocycles. The van der Waals surface area contributed by atoms with Gasteiger partial charge in [0.15, 0.2) is 5.96 Å². The van der Waals surface area contributed by atoms with Crippen LogP contribution in [-0.4, -0.2) is 130 Å². The van der Waals surface area contributed by atoms with E-state index in [-0.39, 0.29) is 48.2 Å².